The fourth-order valence-corrected chi connectivity index (χ4v) is 2.34. The van der Waals surface area contributed by atoms with Crippen LogP contribution >= 0.6 is 0 Å². The minimum absolute atomic E-state index is 0.0260. The number of ether oxygens (including phenoxy) is 2. The smallest absolute Gasteiger partial charge is 0.320 e. The van der Waals surface area contributed by atoms with E-state index in [9.17, 15) is 9.18 Å². The van der Waals surface area contributed by atoms with Crippen LogP contribution in [-0.4, -0.2) is 35.4 Å². The number of halogens is 1. The average molecular weight is 345 g/mol. The van der Waals surface area contributed by atoms with Crippen molar-refractivity contribution in [2.45, 2.75) is 6.54 Å². The first kappa shape index (κ1) is 16.5. The number of anilines is 1. The number of fused-ring (bicyclic) bond motifs is 1. The molecule has 0 spiro atoms. The van der Waals surface area contributed by atoms with Crippen LogP contribution in [0.5, 0.6) is 11.6 Å². The van der Waals surface area contributed by atoms with Gasteiger partial charge in [-0.3, -0.25) is 10.4 Å². The lowest BCUT2D eigenvalue weighted by Gasteiger charge is -2.11. The molecule has 0 aliphatic carbocycles. The lowest BCUT2D eigenvalue weighted by Crippen LogP contribution is -2.29. The van der Waals surface area contributed by atoms with Crippen LogP contribution in [0.15, 0.2) is 30.5 Å². The van der Waals surface area contributed by atoms with Crippen LogP contribution in [0, 0.1) is 5.82 Å². The van der Waals surface area contributed by atoms with E-state index < -0.39 is 11.8 Å². The maximum absolute atomic E-state index is 13.8. The Morgan fingerprint density at radius 1 is 1.32 bits per heavy atom. The molecule has 2 aromatic heterocycles. The largest absolute Gasteiger partial charge is 0.496 e. The van der Waals surface area contributed by atoms with Crippen molar-refractivity contribution in [1.82, 2.24) is 20.5 Å². The number of rotatable bonds is 5. The zero-order valence-corrected chi connectivity index (χ0v) is 13.6. The van der Waals surface area contributed by atoms with Gasteiger partial charge < -0.3 is 14.8 Å². The molecule has 0 aliphatic heterocycles. The van der Waals surface area contributed by atoms with E-state index in [1.54, 1.807) is 12.1 Å². The molecule has 0 saturated carbocycles. The van der Waals surface area contributed by atoms with Crippen molar-refractivity contribution in [3.05, 3.63) is 41.8 Å². The van der Waals surface area contributed by atoms with Crippen LogP contribution in [-0.2, 0) is 6.54 Å². The van der Waals surface area contributed by atoms with Crippen LogP contribution < -0.4 is 20.1 Å². The lowest BCUT2D eigenvalue weighted by atomic mass is 10.2. The molecule has 3 N–H and O–H groups in total. The van der Waals surface area contributed by atoms with Gasteiger partial charge in [0.1, 0.15) is 17.4 Å². The van der Waals surface area contributed by atoms with E-state index in [0.29, 0.717) is 28.4 Å². The molecule has 2 amide bonds. The zero-order chi connectivity index (χ0) is 17.8. The number of carbonyl (C=O) groups is 1. The van der Waals surface area contributed by atoms with Crippen molar-refractivity contribution in [2.24, 2.45) is 0 Å². The molecule has 0 atom stereocenters. The molecule has 25 heavy (non-hydrogen) atoms. The van der Waals surface area contributed by atoms with Crippen molar-refractivity contribution < 1.29 is 18.7 Å². The van der Waals surface area contributed by atoms with Crippen LogP contribution in [0.4, 0.5) is 15.0 Å². The molecule has 0 bridgehead atoms. The van der Waals surface area contributed by atoms with Gasteiger partial charge in [-0.2, -0.15) is 0 Å². The Morgan fingerprint density at radius 3 is 2.92 bits per heavy atom. The van der Waals surface area contributed by atoms with Gasteiger partial charge >= 0.3 is 6.03 Å². The quantitative estimate of drug-likeness (QED) is 0.659. The minimum atomic E-state index is -0.524. The van der Waals surface area contributed by atoms with Gasteiger partial charge in [-0.15, -0.1) is 5.10 Å². The Kier molecular flexibility index (Phi) is 4.64. The normalized spacial score (nSPS) is 10.5. The van der Waals surface area contributed by atoms with Crippen LogP contribution in [0.1, 0.15) is 5.56 Å². The summed E-state index contributed by atoms with van der Waals surface area (Å²) in [7, 11) is 2.95. The van der Waals surface area contributed by atoms with Gasteiger partial charge in [0.05, 0.1) is 31.7 Å². The fraction of sp³-hybridized carbons (Fsp3) is 0.188. The number of methoxy groups -OCH3 is 2. The molecule has 8 nitrogen and oxygen atoms in total. The first-order valence-corrected chi connectivity index (χ1v) is 7.36. The number of pyridine rings is 1. The van der Waals surface area contributed by atoms with Crippen LogP contribution in [0.2, 0.25) is 0 Å². The molecular formula is C16H16FN5O3. The molecule has 130 valence electrons. The fourth-order valence-electron chi connectivity index (χ4n) is 2.34. The van der Waals surface area contributed by atoms with Gasteiger partial charge in [0.25, 0.3) is 0 Å². The van der Waals surface area contributed by atoms with Gasteiger partial charge in [0, 0.05) is 17.8 Å². The highest BCUT2D eigenvalue weighted by atomic mass is 19.1. The molecule has 1 aromatic carbocycles. The Morgan fingerprint density at radius 2 is 2.16 bits per heavy atom. The van der Waals surface area contributed by atoms with Gasteiger partial charge in [-0.1, -0.05) is 6.07 Å². The average Bonchev–Trinajstić information content (AvgIpc) is 3.02. The molecule has 0 saturated heterocycles. The Balaban J connectivity index is 1.67. The van der Waals surface area contributed by atoms with Crippen molar-refractivity contribution >= 4 is 22.8 Å². The van der Waals surface area contributed by atoms with Gasteiger partial charge in [0.15, 0.2) is 0 Å². The van der Waals surface area contributed by atoms with E-state index in [0.717, 1.165) is 0 Å². The number of amides is 2. The van der Waals surface area contributed by atoms with Crippen molar-refractivity contribution in [2.75, 3.05) is 19.5 Å². The van der Waals surface area contributed by atoms with E-state index in [1.165, 1.54) is 32.5 Å². The number of urea groups is 1. The summed E-state index contributed by atoms with van der Waals surface area (Å²) >= 11 is 0. The summed E-state index contributed by atoms with van der Waals surface area (Å²) in [6.45, 7) is -0.0260. The minimum Gasteiger partial charge on any atom is -0.496 e. The van der Waals surface area contributed by atoms with Crippen LogP contribution in [0.25, 0.3) is 10.9 Å². The number of carbonyl (C=O) groups excluding carboxylic acids is 1. The molecule has 0 aliphatic rings. The number of hydrogen-bond acceptors (Lipinski definition) is 5. The van der Waals surface area contributed by atoms with Crippen molar-refractivity contribution in [3.8, 4) is 11.6 Å². The molecule has 9 heteroatoms. The maximum atomic E-state index is 13.8. The standard InChI is InChI=1S/C16H16FN5O3/c1-24-13-5-3-4-11(17)9(13)7-19-16(23)20-14-6-12-10(8-18-14)15(25-2)22-21-12/h3-6,8H,7H2,1-2H3,(H,21,22)(H2,18,19,20,23). The number of hydrogen-bond donors (Lipinski definition) is 3. The first-order valence-electron chi connectivity index (χ1n) is 7.36. The predicted octanol–water partition coefficient (Wildman–Crippen LogP) is 2.44. The van der Waals surface area contributed by atoms with Crippen molar-refractivity contribution in [3.63, 3.8) is 0 Å². The number of aromatic nitrogens is 3. The lowest BCUT2D eigenvalue weighted by molar-refractivity contribution is 0.251. The molecular weight excluding hydrogens is 329 g/mol. The first-order chi connectivity index (χ1) is 12.1. The third kappa shape index (κ3) is 3.44. The number of H-pyrrole nitrogens is 1. The Bertz CT molecular complexity index is 912. The van der Waals surface area contributed by atoms with Gasteiger partial charge in [0.2, 0.25) is 5.88 Å². The summed E-state index contributed by atoms with van der Waals surface area (Å²) < 4.78 is 24.0. The van der Waals surface area contributed by atoms with E-state index in [2.05, 4.69) is 25.8 Å². The number of nitrogens with one attached hydrogen (secondary N) is 3. The monoisotopic (exact) mass is 345 g/mol. The summed E-state index contributed by atoms with van der Waals surface area (Å²) in [5.74, 6) is 0.648. The second-order valence-corrected chi connectivity index (χ2v) is 5.08. The van der Waals surface area contributed by atoms with E-state index in [1.807, 2.05) is 0 Å². The maximum Gasteiger partial charge on any atom is 0.320 e. The molecule has 3 aromatic rings. The second-order valence-electron chi connectivity index (χ2n) is 5.08. The number of benzene rings is 1. The summed E-state index contributed by atoms with van der Waals surface area (Å²) in [6, 6.07) is 5.56. The molecule has 0 unspecified atom stereocenters. The summed E-state index contributed by atoms with van der Waals surface area (Å²) in [5, 5.41) is 12.6. The molecule has 3 rings (SSSR count). The highest BCUT2D eigenvalue weighted by Gasteiger charge is 2.12. The van der Waals surface area contributed by atoms with E-state index in [4.69, 9.17) is 9.47 Å². The predicted molar refractivity (Wildman–Crippen MR) is 89.3 cm³/mol. The van der Waals surface area contributed by atoms with E-state index >= 15 is 0 Å². The third-order valence-corrected chi connectivity index (χ3v) is 3.57. The van der Waals surface area contributed by atoms with Crippen LogP contribution in [0.3, 0.4) is 0 Å². The number of aromatic amines is 1. The highest BCUT2D eigenvalue weighted by Crippen LogP contribution is 2.23. The SMILES string of the molecule is COc1cccc(F)c1CNC(=O)Nc1cc2[nH]nc(OC)c2cn1. The molecule has 0 radical (unpaired) electrons. The van der Waals surface area contributed by atoms with Gasteiger partial charge in [-0.25, -0.2) is 14.2 Å². The highest BCUT2D eigenvalue weighted by molar-refractivity contribution is 5.91. The molecule has 0 fully saturated rings. The van der Waals surface area contributed by atoms with Gasteiger partial charge in [-0.05, 0) is 12.1 Å². The Labute approximate surface area is 142 Å². The van der Waals surface area contributed by atoms with E-state index in [-0.39, 0.29) is 12.1 Å². The molecule has 2 heterocycles. The topological polar surface area (TPSA) is 101 Å². The third-order valence-electron chi connectivity index (χ3n) is 3.57. The summed E-state index contributed by atoms with van der Waals surface area (Å²) in [4.78, 5) is 16.1. The summed E-state index contributed by atoms with van der Waals surface area (Å²) in [6.07, 6.45) is 1.53. The second kappa shape index (κ2) is 7.04. The Hall–Kier alpha value is -3.36. The summed E-state index contributed by atoms with van der Waals surface area (Å²) in [5.41, 5.74) is 0.930. The number of nitrogens with zero attached hydrogens (tertiary/aromatic N) is 2. The zero-order valence-electron chi connectivity index (χ0n) is 13.6. The van der Waals surface area contributed by atoms with Crippen molar-refractivity contribution in [1.29, 1.82) is 0 Å².